The first-order valence-corrected chi connectivity index (χ1v) is 6.38. The van der Waals surface area contributed by atoms with E-state index in [1.165, 1.54) is 29.1 Å². The lowest BCUT2D eigenvalue weighted by atomic mass is 10.1. The van der Waals surface area contributed by atoms with E-state index in [0.29, 0.717) is 6.07 Å². The van der Waals surface area contributed by atoms with Crippen LogP contribution < -0.4 is 5.32 Å². The summed E-state index contributed by atoms with van der Waals surface area (Å²) in [5.41, 5.74) is -3.79. The van der Waals surface area contributed by atoms with E-state index in [9.17, 15) is 23.1 Å². The fourth-order valence-corrected chi connectivity index (χ4v) is 2.00. The van der Waals surface area contributed by atoms with Gasteiger partial charge in [0.2, 0.25) is 0 Å². The lowest BCUT2D eigenvalue weighted by molar-refractivity contribution is -0.138. The van der Waals surface area contributed by atoms with Gasteiger partial charge in [-0.2, -0.15) is 18.4 Å². The van der Waals surface area contributed by atoms with Gasteiger partial charge in [-0.3, -0.25) is 4.79 Å². The SMILES string of the molecule is CC(O)(COI)C(=O)Nc1ccc(C#N)c(C(F)(F)F)c1. The molecule has 0 fully saturated rings. The first-order valence-electron chi connectivity index (χ1n) is 5.50. The van der Waals surface area contributed by atoms with Gasteiger partial charge in [-0.15, -0.1) is 0 Å². The quantitative estimate of drug-likeness (QED) is 0.743. The number of carbonyl (C=O) groups is 1. The Morgan fingerprint density at radius 3 is 2.62 bits per heavy atom. The maximum absolute atomic E-state index is 12.8. The third kappa shape index (κ3) is 4.55. The Morgan fingerprint density at radius 2 is 2.14 bits per heavy atom. The summed E-state index contributed by atoms with van der Waals surface area (Å²) in [5.74, 6) is -0.919. The normalized spacial score (nSPS) is 14.1. The van der Waals surface area contributed by atoms with Crippen molar-refractivity contribution in [3.8, 4) is 6.07 Å². The van der Waals surface area contributed by atoms with E-state index in [-0.39, 0.29) is 12.3 Å². The molecule has 0 aliphatic heterocycles. The Balaban J connectivity index is 3.07. The number of anilines is 1. The molecule has 0 aromatic heterocycles. The van der Waals surface area contributed by atoms with Gasteiger partial charge in [0, 0.05) is 5.69 Å². The van der Waals surface area contributed by atoms with E-state index < -0.39 is 28.8 Å². The maximum Gasteiger partial charge on any atom is 0.417 e. The van der Waals surface area contributed by atoms with E-state index in [1.807, 2.05) is 0 Å². The Morgan fingerprint density at radius 1 is 1.52 bits per heavy atom. The summed E-state index contributed by atoms with van der Waals surface area (Å²) in [4.78, 5) is 11.7. The number of halogens is 4. The molecule has 114 valence electrons. The van der Waals surface area contributed by atoms with Crippen LogP contribution in [0.1, 0.15) is 18.1 Å². The van der Waals surface area contributed by atoms with Crippen molar-refractivity contribution in [2.45, 2.75) is 18.7 Å². The van der Waals surface area contributed by atoms with Crippen LogP contribution in [0, 0.1) is 11.3 Å². The smallest absolute Gasteiger partial charge is 0.378 e. The third-order valence-electron chi connectivity index (χ3n) is 2.53. The molecule has 21 heavy (non-hydrogen) atoms. The number of hydrogen-bond donors (Lipinski definition) is 2. The number of nitriles is 1. The zero-order chi connectivity index (χ0) is 16.3. The van der Waals surface area contributed by atoms with Gasteiger partial charge in [-0.1, -0.05) is 0 Å². The minimum atomic E-state index is -4.72. The summed E-state index contributed by atoms with van der Waals surface area (Å²) in [7, 11) is 0. The first-order chi connectivity index (χ1) is 9.61. The molecule has 0 radical (unpaired) electrons. The van der Waals surface area contributed by atoms with Crippen molar-refractivity contribution < 1.29 is 26.1 Å². The molecule has 1 aromatic rings. The molecule has 9 heteroatoms. The van der Waals surface area contributed by atoms with Crippen molar-refractivity contribution >= 4 is 34.6 Å². The molecule has 1 atom stereocenters. The number of carbonyl (C=O) groups excluding carboxylic acids is 1. The van der Waals surface area contributed by atoms with Gasteiger partial charge in [0.15, 0.2) is 5.60 Å². The highest BCUT2D eigenvalue weighted by Gasteiger charge is 2.35. The molecule has 0 saturated heterocycles. The lowest BCUT2D eigenvalue weighted by Gasteiger charge is -2.21. The molecule has 1 unspecified atom stereocenters. The number of benzene rings is 1. The fourth-order valence-electron chi connectivity index (χ4n) is 1.39. The predicted octanol–water partition coefficient (Wildman–Crippen LogP) is 2.63. The van der Waals surface area contributed by atoms with Gasteiger partial charge >= 0.3 is 6.18 Å². The van der Waals surface area contributed by atoms with E-state index in [2.05, 4.69) is 8.38 Å². The van der Waals surface area contributed by atoms with Crippen LogP contribution in [0.4, 0.5) is 18.9 Å². The van der Waals surface area contributed by atoms with Gasteiger partial charge in [0.05, 0.1) is 23.8 Å². The van der Waals surface area contributed by atoms with Crippen molar-refractivity contribution in [3.05, 3.63) is 29.3 Å². The average Bonchev–Trinajstić information content (AvgIpc) is 2.37. The molecular formula is C12H10F3IN2O3. The van der Waals surface area contributed by atoms with Crippen molar-refractivity contribution in [2.24, 2.45) is 0 Å². The Labute approximate surface area is 132 Å². The number of nitrogens with one attached hydrogen (secondary N) is 1. The number of aliphatic hydroxyl groups is 1. The molecule has 0 aliphatic carbocycles. The molecular weight excluding hydrogens is 404 g/mol. The second kappa shape index (κ2) is 6.59. The second-order valence-electron chi connectivity index (χ2n) is 4.35. The number of nitrogens with zero attached hydrogens (tertiary/aromatic N) is 1. The first kappa shape index (κ1) is 17.7. The van der Waals surface area contributed by atoms with Crippen LogP contribution in [-0.4, -0.2) is 23.2 Å². The highest BCUT2D eigenvalue weighted by molar-refractivity contribution is 14.1. The van der Waals surface area contributed by atoms with Gasteiger partial charge in [-0.25, -0.2) is 0 Å². The van der Waals surface area contributed by atoms with E-state index >= 15 is 0 Å². The zero-order valence-electron chi connectivity index (χ0n) is 10.7. The molecule has 0 bridgehead atoms. The third-order valence-corrected chi connectivity index (χ3v) is 2.84. The van der Waals surface area contributed by atoms with Crippen molar-refractivity contribution in [3.63, 3.8) is 0 Å². The van der Waals surface area contributed by atoms with Gasteiger partial charge in [0.25, 0.3) is 5.91 Å². The average molecular weight is 414 g/mol. The van der Waals surface area contributed by atoms with Crippen LogP contribution in [0.2, 0.25) is 0 Å². The largest absolute Gasteiger partial charge is 0.417 e. The number of rotatable bonds is 4. The summed E-state index contributed by atoms with van der Waals surface area (Å²) in [6.07, 6.45) is -4.72. The highest BCUT2D eigenvalue weighted by atomic mass is 127. The van der Waals surface area contributed by atoms with Crippen LogP contribution in [-0.2, 0) is 14.0 Å². The second-order valence-corrected chi connectivity index (χ2v) is 4.97. The summed E-state index contributed by atoms with van der Waals surface area (Å²) in [6, 6.07) is 4.16. The summed E-state index contributed by atoms with van der Waals surface area (Å²) in [6.45, 7) is 0.830. The Bertz CT molecular complexity index is 582. The van der Waals surface area contributed by atoms with Gasteiger partial charge in [0.1, 0.15) is 23.0 Å². The van der Waals surface area contributed by atoms with Crippen molar-refractivity contribution in [1.82, 2.24) is 0 Å². The topological polar surface area (TPSA) is 82.3 Å². The van der Waals surface area contributed by atoms with Crippen LogP contribution in [0.3, 0.4) is 0 Å². The van der Waals surface area contributed by atoms with E-state index in [1.54, 1.807) is 0 Å². The zero-order valence-corrected chi connectivity index (χ0v) is 12.8. The molecule has 2 N–H and O–H groups in total. The molecule has 1 aromatic carbocycles. The Hall–Kier alpha value is -1.38. The van der Waals surface area contributed by atoms with Crippen molar-refractivity contribution in [1.29, 1.82) is 5.26 Å². The molecule has 1 rings (SSSR count). The molecule has 0 heterocycles. The summed E-state index contributed by atoms with van der Waals surface area (Å²) < 4.78 is 42.9. The van der Waals surface area contributed by atoms with E-state index in [0.717, 1.165) is 19.1 Å². The molecule has 5 nitrogen and oxygen atoms in total. The monoisotopic (exact) mass is 414 g/mol. The number of alkyl halides is 3. The van der Waals surface area contributed by atoms with Crippen LogP contribution in [0.15, 0.2) is 18.2 Å². The van der Waals surface area contributed by atoms with Crippen LogP contribution in [0.25, 0.3) is 0 Å². The van der Waals surface area contributed by atoms with Gasteiger partial charge in [-0.05, 0) is 25.1 Å². The molecule has 0 saturated carbocycles. The standard InChI is InChI=1S/C12H10F3IN2O3/c1-11(20,6-21-16)10(19)18-8-3-2-7(5-17)9(4-8)12(13,14)15/h2-4,20H,6H2,1H3,(H,18,19). The van der Waals surface area contributed by atoms with Crippen LogP contribution >= 0.6 is 23.0 Å². The minimum absolute atomic E-state index is 0.181. The molecule has 0 aliphatic rings. The van der Waals surface area contributed by atoms with Gasteiger partial charge < -0.3 is 13.5 Å². The summed E-state index contributed by atoms with van der Waals surface area (Å²) in [5, 5.41) is 20.6. The highest BCUT2D eigenvalue weighted by Crippen LogP contribution is 2.33. The van der Waals surface area contributed by atoms with E-state index in [4.69, 9.17) is 5.26 Å². The predicted molar refractivity (Wildman–Crippen MR) is 75.4 cm³/mol. The maximum atomic E-state index is 12.8. The fraction of sp³-hybridized carbons (Fsp3) is 0.333. The Kier molecular flexibility index (Phi) is 5.54. The number of hydrogen-bond acceptors (Lipinski definition) is 4. The molecule has 0 spiro atoms. The lowest BCUT2D eigenvalue weighted by Crippen LogP contribution is -2.43. The minimum Gasteiger partial charge on any atom is -0.378 e. The van der Waals surface area contributed by atoms with Crippen LogP contribution in [0.5, 0.6) is 0 Å². The summed E-state index contributed by atoms with van der Waals surface area (Å²) >= 11 is 1.48. The van der Waals surface area contributed by atoms with Crippen molar-refractivity contribution in [2.75, 3.05) is 11.9 Å². The molecule has 1 amide bonds. The number of amides is 1.